The Kier molecular flexibility index (Phi) is 4.86. The van der Waals surface area contributed by atoms with Gasteiger partial charge in [0.1, 0.15) is 0 Å². The molecule has 1 unspecified atom stereocenters. The summed E-state index contributed by atoms with van der Waals surface area (Å²) in [6, 6.07) is 4.11. The Hall–Kier alpha value is -0.973. The summed E-state index contributed by atoms with van der Waals surface area (Å²) in [5, 5.41) is 0. The molecule has 0 saturated heterocycles. The number of nitrogens with zero attached hydrogens (tertiary/aromatic N) is 1. The van der Waals surface area contributed by atoms with Crippen LogP contribution in [0.2, 0.25) is 19.6 Å². The molecule has 1 N–H and O–H groups in total. The van der Waals surface area contributed by atoms with Crippen LogP contribution in [-0.4, -0.2) is 13.3 Å². The van der Waals surface area contributed by atoms with Crippen molar-refractivity contribution >= 4 is 8.32 Å². The van der Waals surface area contributed by atoms with Gasteiger partial charge in [0, 0.05) is 12.4 Å². The number of hydrogen-bond donors (Lipinski definition) is 1. The third kappa shape index (κ3) is 4.70. The molecule has 4 heteroatoms. The SMILES string of the molecule is C=CCC(NO[Si](C)(C)C)c1cccnc1. The van der Waals surface area contributed by atoms with Gasteiger partial charge in [0.05, 0.1) is 6.04 Å². The van der Waals surface area contributed by atoms with Crippen molar-refractivity contribution in [3.63, 3.8) is 0 Å². The van der Waals surface area contributed by atoms with Gasteiger partial charge in [-0.15, -0.1) is 6.58 Å². The van der Waals surface area contributed by atoms with E-state index >= 15 is 0 Å². The van der Waals surface area contributed by atoms with E-state index in [9.17, 15) is 0 Å². The molecule has 88 valence electrons. The number of hydrogen-bond acceptors (Lipinski definition) is 3. The molecule has 1 rings (SSSR count). The highest BCUT2D eigenvalue weighted by atomic mass is 28.4. The molecule has 1 atom stereocenters. The minimum atomic E-state index is -1.55. The molecule has 0 radical (unpaired) electrons. The van der Waals surface area contributed by atoms with Crippen LogP contribution in [0.25, 0.3) is 0 Å². The van der Waals surface area contributed by atoms with E-state index in [2.05, 4.69) is 36.7 Å². The van der Waals surface area contributed by atoms with Crippen molar-refractivity contribution in [1.29, 1.82) is 0 Å². The summed E-state index contributed by atoms with van der Waals surface area (Å²) in [7, 11) is -1.55. The van der Waals surface area contributed by atoms with Crippen LogP contribution in [0, 0.1) is 0 Å². The zero-order chi connectivity index (χ0) is 12.0. The molecule has 1 heterocycles. The van der Waals surface area contributed by atoms with E-state index in [4.69, 9.17) is 4.53 Å². The molecule has 0 fully saturated rings. The highest BCUT2D eigenvalue weighted by molar-refractivity contribution is 6.69. The normalized spacial score (nSPS) is 13.4. The summed E-state index contributed by atoms with van der Waals surface area (Å²) in [4.78, 5) is 4.11. The van der Waals surface area contributed by atoms with Crippen molar-refractivity contribution in [3.05, 3.63) is 42.7 Å². The van der Waals surface area contributed by atoms with Crippen molar-refractivity contribution in [1.82, 2.24) is 10.5 Å². The van der Waals surface area contributed by atoms with Gasteiger partial charge in [-0.25, -0.2) is 5.48 Å². The molecular formula is C12H20N2OSi. The highest BCUT2D eigenvalue weighted by Crippen LogP contribution is 2.17. The molecule has 0 aromatic carbocycles. The standard InChI is InChI=1S/C12H20N2OSi/c1-5-7-12(14-15-16(2,3)4)11-8-6-9-13-10-11/h5-6,8-10,12,14H,1,7H2,2-4H3. The first-order valence-corrected chi connectivity index (χ1v) is 8.88. The van der Waals surface area contributed by atoms with E-state index < -0.39 is 8.32 Å². The third-order valence-electron chi connectivity index (χ3n) is 2.00. The monoisotopic (exact) mass is 236 g/mol. The first kappa shape index (κ1) is 13.1. The average Bonchev–Trinajstić information content (AvgIpc) is 2.24. The number of hydroxylamine groups is 1. The average molecular weight is 236 g/mol. The van der Waals surface area contributed by atoms with Gasteiger partial charge in [0.25, 0.3) is 0 Å². The van der Waals surface area contributed by atoms with Crippen LogP contribution in [0.1, 0.15) is 18.0 Å². The maximum atomic E-state index is 5.71. The molecule has 0 bridgehead atoms. The first-order valence-electron chi connectivity index (χ1n) is 5.47. The molecule has 1 aromatic heterocycles. The molecular weight excluding hydrogens is 216 g/mol. The predicted molar refractivity (Wildman–Crippen MR) is 69.4 cm³/mol. The van der Waals surface area contributed by atoms with Gasteiger partial charge in [-0.3, -0.25) is 4.98 Å². The van der Waals surface area contributed by atoms with Crippen molar-refractivity contribution in [2.24, 2.45) is 0 Å². The summed E-state index contributed by atoms with van der Waals surface area (Å²) >= 11 is 0. The maximum absolute atomic E-state index is 5.71. The summed E-state index contributed by atoms with van der Waals surface area (Å²) in [6.07, 6.45) is 6.34. The lowest BCUT2D eigenvalue weighted by Crippen LogP contribution is -2.35. The van der Waals surface area contributed by atoms with Gasteiger partial charge in [-0.2, -0.15) is 0 Å². The lowest BCUT2D eigenvalue weighted by molar-refractivity contribution is 0.147. The molecule has 0 aliphatic heterocycles. The number of aromatic nitrogens is 1. The summed E-state index contributed by atoms with van der Waals surface area (Å²) < 4.78 is 5.71. The quantitative estimate of drug-likeness (QED) is 0.468. The second-order valence-electron chi connectivity index (χ2n) is 4.70. The Morgan fingerprint density at radius 3 is 2.81 bits per heavy atom. The van der Waals surface area contributed by atoms with Gasteiger partial charge in [0.2, 0.25) is 8.32 Å². The summed E-state index contributed by atoms with van der Waals surface area (Å²) in [5.41, 5.74) is 4.25. The Balaban J connectivity index is 2.65. The molecule has 1 aromatic rings. The fourth-order valence-corrected chi connectivity index (χ4v) is 1.74. The number of pyridine rings is 1. The fourth-order valence-electron chi connectivity index (χ4n) is 1.25. The lowest BCUT2D eigenvalue weighted by atomic mass is 10.1. The van der Waals surface area contributed by atoms with E-state index in [-0.39, 0.29) is 6.04 Å². The number of rotatable bonds is 6. The Morgan fingerprint density at radius 2 is 2.31 bits per heavy atom. The first-order chi connectivity index (χ1) is 7.53. The van der Waals surface area contributed by atoms with Crippen LogP contribution in [-0.2, 0) is 4.53 Å². The summed E-state index contributed by atoms with van der Waals surface area (Å²) in [6.45, 7) is 10.2. The van der Waals surface area contributed by atoms with Gasteiger partial charge in [-0.05, 0) is 37.7 Å². The van der Waals surface area contributed by atoms with Crippen molar-refractivity contribution in [2.45, 2.75) is 32.1 Å². The Morgan fingerprint density at radius 1 is 1.56 bits per heavy atom. The second-order valence-corrected chi connectivity index (χ2v) is 9.12. The lowest BCUT2D eigenvalue weighted by Gasteiger charge is -2.23. The molecule has 3 nitrogen and oxygen atoms in total. The summed E-state index contributed by atoms with van der Waals surface area (Å²) in [5.74, 6) is 0. The topological polar surface area (TPSA) is 34.1 Å². The van der Waals surface area contributed by atoms with Crippen LogP contribution in [0.3, 0.4) is 0 Å². The maximum Gasteiger partial charge on any atom is 0.211 e. The van der Waals surface area contributed by atoms with E-state index in [1.54, 1.807) is 6.20 Å². The zero-order valence-electron chi connectivity index (χ0n) is 10.2. The largest absolute Gasteiger partial charge is 0.345 e. The van der Waals surface area contributed by atoms with E-state index in [1.807, 2.05) is 24.4 Å². The van der Waals surface area contributed by atoms with Gasteiger partial charge >= 0.3 is 0 Å². The Labute approximate surface area is 98.6 Å². The van der Waals surface area contributed by atoms with E-state index in [1.165, 1.54) is 0 Å². The highest BCUT2D eigenvalue weighted by Gasteiger charge is 2.18. The molecule has 0 saturated carbocycles. The molecule has 0 spiro atoms. The van der Waals surface area contributed by atoms with Crippen LogP contribution < -0.4 is 5.48 Å². The molecule has 0 aliphatic rings. The smallest absolute Gasteiger partial charge is 0.211 e. The van der Waals surface area contributed by atoms with Crippen molar-refractivity contribution in [2.75, 3.05) is 0 Å². The zero-order valence-corrected chi connectivity index (χ0v) is 11.2. The fraction of sp³-hybridized carbons (Fsp3) is 0.417. The minimum Gasteiger partial charge on any atom is -0.345 e. The van der Waals surface area contributed by atoms with Crippen molar-refractivity contribution < 1.29 is 4.53 Å². The predicted octanol–water partition coefficient (Wildman–Crippen LogP) is 3.05. The molecule has 0 amide bonds. The van der Waals surface area contributed by atoms with E-state index in [0.29, 0.717) is 0 Å². The Bertz CT molecular complexity index is 322. The van der Waals surface area contributed by atoms with Gasteiger partial charge < -0.3 is 4.53 Å². The van der Waals surface area contributed by atoms with Gasteiger partial charge in [-0.1, -0.05) is 12.1 Å². The van der Waals surface area contributed by atoms with Crippen LogP contribution in [0.15, 0.2) is 37.2 Å². The van der Waals surface area contributed by atoms with Crippen molar-refractivity contribution in [3.8, 4) is 0 Å². The van der Waals surface area contributed by atoms with Gasteiger partial charge in [0.15, 0.2) is 0 Å². The van der Waals surface area contributed by atoms with E-state index in [0.717, 1.165) is 12.0 Å². The van der Waals surface area contributed by atoms with Crippen LogP contribution in [0.4, 0.5) is 0 Å². The molecule has 0 aliphatic carbocycles. The molecule has 16 heavy (non-hydrogen) atoms. The van der Waals surface area contributed by atoms with Crippen LogP contribution >= 0.6 is 0 Å². The third-order valence-corrected chi connectivity index (χ3v) is 2.73. The minimum absolute atomic E-state index is 0.137. The second kappa shape index (κ2) is 5.93. The van der Waals surface area contributed by atoms with Crippen LogP contribution in [0.5, 0.6) is 0 Å². The number of nitrogens with one attached hydrogen (secondary N) is 1.